The molecule has 10 nitrogen and oxygen atoms in total. The number of pyridine rings is 1. The molecule has 3 aromatic rings. The smallest absolute Gasteiger partial charge is 0.410 e. The molecular formula is C30H35N5O5. The normalized spacial score (nSPS) is 16.7. The van der Waals surface area contributed by atoms with E-state index in [9.17, 15) is 14.4 Å². The zero-order valence-corrected chi connectivity index (χ0v) is 23.1. The maximum atomic E-state index is 13.3. The number of piperidine rings is 1. The Morgan fingerprint density at radius 1 is 1.02 bits per heavy atom. The molecule has 2 aromatic heterocycles. The highest BCUT2D eigenvalue weighted by molar-refractivity contribution is 6.04. The van der Waals surface area contributed by atoms with Crippen LogP contribution in [-0.4, -0.2) is 51.6 Å². The molecule has 1 aliphatic carbocycles. The number of aromatic nitrogens is 2. The van der Waals surface area contributed by atoms with Crippen molar-refractivity contribution in [3.63, 3.8) is 0 Å². The Morgan fingerprint density at radius 3 is 2.48 bits per heavy atom. The Morgan fingerprint density at radius 2 is 1.80 bits per heavy atom. The minimum Gasteiger partial charge on any atom is -0.444 e. The van der Waals surface area contributed by atoms with Crippen LogP contribution >= 0.6 is 0 Å². The summed E-state index contributed by atoms with van der Waals surface area (Å²) >= 11 is 0. The molecule has 2 fully saturated rings. The van der Waals surface area contributed by atoms with Gasteiger partial charge in [-0.15, -0.1) is 0 Å². The number of likely N-dealkylation sites (tertiary alicyclic amines) is 1. The second-order valence-electron chi connectivity index (χ2n) is 11.5. The van der Waals surface area contributed by atoms with E-state index < -0.39 is 11.6 Å². The SMILES string of the molecule is CC(C)(C)OC(=O)N1CCC(C(NC(=O)c2cc(C3CC3)on2)c2cccc(C(=O)Nc3cccnc3)c2)CC1. The van der Waals surface area contributed by atoms with Crippen LogP contribution in [0.5, 0.6) is 0 Å². The van der Waals surface area contributed by atoms with Crippen LogP contribution in [0.25, 0.3) is 0 Å². The van der Waals surface area contributed by atoms with Crippen molar-refractivity contribution in [1.29, 1.82) is 0 Å². The minimum atomic E-state index is -0.571. The quantitative estimate of drug-likeness (QED) is 0.412. The molecule has 1 aliphatic heterocycles. The first-order chi connectivity index (χ1) is 19.2. The second kappa shape index (κ2) is 11.5. The summed E-state index contributed by atoms with van der Waals surface area (Å²) in [4.78, 5) is 44.7. The first-order valence-electron chi connectivity index (χ1n) is 13.7. The maximum Gasteiger partial charge on any atom is 0.410 e. The van der Waals surface area contributed by atoms with Crippen molar-refractivity contribution in [1.82, 2.24) is 20.4 Å². The van der Waals surface area contributed by atoms with E-state index in [0.717, 1.165) is 24.2 Å². The summed E-state index contributed by atoms with van der Waals surface area (Å²) in [5.74, 6) is 0.498. The molecule has 0 spiro atoms. The monoisotopic (exact) mass is 545 g/mol. The van der Waals surface area contributed by atoms with E-state index in [2.05, 4.69) is 20.8 Å². The molecule has 10 heteroatoms. The molecule has 3 amide bonds. The van der Waals surface area contributed by atoms with Gasteiger partial charge in [0.1, 0.15) is 11.4 Å². The third-order valence-electron chi connectivity index (χ3n) is 7.12. The number of benzene rings is 1. The molecule has 2 N–H and O–H groups in total. The van der Waals surface area contributed by atoms with Crippen molar-refractivity contribution in [2.45, 2.75) is 64.0 Å². The lowest BCUT2D eigenvalue weighted by Crippen LogP contribution is -2.44. The lowest BCUT2D eigenvalue weighted by Gasteiger charge is -2.37. The molecule has 0 radical (unpaired) electrons. The fraction of sp³-hybridized carbons (Fsp3) is 0.433. The molecule has 40 heavy (non-hydrogen) atoms. The van der Waals surface area contributed by atoms with Crippen LogP contribution in [0.1, 0.15) is 90.6 Å². The molecule has 1 saturated heterocycles. The van der Waals surface area contributed by atoms with E-state index in [4.69, 9.17) is 9.26 Å². The summed E-state index contributed by atoms with van der Waals surface area (Å²) in [5.41, 5.74) is 1.52. The first kappa shape index (κ1) is 27.4. The number of carbonyl (C=O) groups is 3. The molecule has 3 heterocycles. The topological polar surface area (TPSA) is 127 Å². The zero-order chi connectivity index (χ0) is 28.3. The van der Waals surface area contributed by atoms with Crippen molar-refractivity contribution in [3.8, 4) is 0 Å². The number of anilines is 1. The van der Waals surface area contributed by atoms with Gasteiger partial charge < -0.3 is 24.8 Å². The summed E-state index contributed by atoms with van der Waals surface area (Å²) in [5, 5.41) is 10.0. The van der Waals surface area contributed by atoms with Gasteiger partial charge in [0, 0.05) is 36.8 Å². The Kier molecular flexibility index (Phi) is 7.86. The van der Waals surface area contributed by atoms with Crippen molar-refractivity contribution < 1.29 is 23.6 Å². The number of hydrogen-bond donors (Lipinski definition) is 2. The predicted octanol–water partition coefficient (Wildman–Crippen LogP) is 5.32. The lowest BCUT2D eigenvalue weighted by molar-refractivity contribution is 0.0167. The summed E-state index contributed by atoms with van der Waals surface area (Å²) in [7, 11) is 0. The van der Waals surface area contributed by atoms with Gasteiger partial charge in [-0.2, -0.15) is 0 Å². The van der Waals surface area contributed by atoms with E-state index in [-0.39, 0.29) is 29.5 Å². The highest BCUT2D eigenvalue weighted by atomic mass is 16.6. The first-order valence-corrected chi connectivity index (χ1v) is 13.7. The van der Waals surface area contributed by atoms with Crippen LogP contribution in [0.3, 0.4) is 0 Å². The van der Waals surface area contributed by atoms with Crippen molar-refractivity contribution in [3.05, 3.63) is 77.4 Å². The lowest BCUT2D eigenvalue weighted by atomic mass is 9.84. The molecule has 1 unspecified atom stereocenters. The average molecular weight is 546 g/mol. The number of amides is 3. The van der Waals surface area contributed by atoms with Crippen LogP contribution in [0, 0.1) is 5.92 Å². The van der Waals surface area contributed by atoms with Gasteiger partial charge in [0.05, 0.1) is 17.9 Å². The molecular weight excluding hydrogens is 510 g/mol. The van der Waals surface area contributed by atoms with Gasteiger partial charge >= 0.3 is 6.09 Å². The van der Waals surface area contributed by atoms with Crippen LogP contribution in [-0.2, 0) is 4.74 Å². The minimum absolute atomic E-state index is 0.0223. The van der Waals surface area contributed by atoms with Gasteiger partial charge in [-0.25, -0.2) is 4.79 Å². The number of nitrogens with zero attached hydrogens (tertiary/aromatic N) is 3. The standard InChI is InChI=1S/C30H35N5O5/c1-30(2,3)39-29(38)35-14-11-20(12-15-35)26(33-28(37)24-17-25(40-34-24)19-9-10-19)21-6-4-7-22(16-21)27(36)32-23-8-5-13-31-18-23/h4-8,13,16-20,26H,9-12,14-15H2,1-3H3,(H,32,36)(H,33,37). The predicted molar refractivity (Wildman–Crippen MR) is 148 cm³/mol. The van der Waals surface area contributed by atoms with E-state index in [1.807, 2.05) is 32.9 Å². The number of rotatable bonds is 7. The summed E-state index contributed by atoms with van der Waals surface area (Å²) < 4.78 is 11.0. The maximum absolute atomic E-state index is 13.3. The number of hydrogen-bond acceptors (Lipinski definition) is 7. The molecule has 2 aliphatic rings. The van der Waals surface area contributed by atoms with E-state index in [1.165, 1.54) is 0 Å². The fourth-order valence-electron chi connectivity index (χ4n) is 4.90. The Hall–Kier alpha value is -4.21. The largest absolute Gasteiger partial charge is 0.444 e. The molecule has 1 saturated carbocycles. The van der Waals surface area contributed by atoms with Crippen molar-refractivity contribution >= 4 is 23.6 Å². The number of nitrogens with one attached hydrogen (secondary N) is 2. The molecule has 0 bridgehead atoms. The molecule has 1 atom stereocenters. The highest BCUT2D eigenvalue weighted by Crippen LogP contribution is 2.40. The molecule has 5 rings (SSSR count). The van der Waals surface area contributed by atoms with Crippen LogP contribution in [0.15, 0.2) is 59.4 Å². The van der Waals surface area contributed by atoms with Crippen molar-refractivity contribution in [2.24, 2.45) is 5.92 Å². The zero-order valence-electron chi connectivity index (χ0n) is 23.1. The average Bonchev–Trinajstić information content (AvgIpc) is 3.67. The van der Waals surface area contributed by atoms with Crippen molar-refractivity contribution in [2.75, 3.05) is 18.4 Å². The van der Waals surface area contributed by atoms with Crippen LogP contribution < -0.4 is 10.6 Å². The second-order valence-corrected chi connectivity index (χ2v) is 11.5. The molecule has 210 valence electrons. The Bertz CT molecular complexity index is 1350. The molecule has 1 aromatic carbocycles. The van der Waals surface area contributed by atoms with Crippen LogP contribution in [0.2, 0.25) is 0 Å². The summed E-state index contributed by atoms with van der Waals surface area (Å²) in [6, 6.07) is 12.1. The summed E-state index contributed by atoms with van der Waals surface area (Å²) in [6.45, 7) is 6.55. The Balaban J connectivity index is 1.34. The van der Waals surface area contributed by atoms with Crippen LogP contribution in [0.4, 0.5) is 10.5 Å². The number of carbonyl (C=O) groups excluding carboxylic acids is 3. The van der Waals surface area contributed by atoms with Gasteiger partial charge in [0.2, 0.25) is 0 Å². The summed E-state index contributed by atoms with van der Waals surface area (Å²) in [6.07, 6.45) is 6.28. The van der Waals surface area contributed by atoms with Gasteiger partial charge in [-0.3, -0.25) is 14.6 Å². The van der Waals surface area contributed by atoms with E-state index in [0.29, 0.717) is 43.1 Å². The van der Waals surface area contributed by atoms with Gasteiger partial charge in [0.15, 0.2) is 5.69 Å². The van der Waals surface area contributed by atoms with E-state index >= 15 is 0 Å². The highest BCUT2D eigenvalue weighted by Gasteiger charge is 2.34. The fourth-order valence-corrected chi connectivity index (χ4v) is 4.90. The van der Waals surface area contributed by atoms with Gasteiger partial charge in [0.25, 0.3) is 11.8 Å². The Labute approximate surface area is 233 Å². The van der Waals surface area contributed by atoms with Gasteiger partial charge in [-0.05, 0) is 82.2 Å². The van der Waals surface area contributed by atoms with E-state index in [1.54, 1.807) is 47.6 Å². The third-order valence-corrected chi connectivity index (χ3v) is 7.12. The van der Waals surface area contributed by atoms with Gasteiger partial charge in [-0.1, -0.05) is 17.3 Å². The third kappa shape index (κ3) is 6.86. The number of ether oxygens (including phenoxy) is 1.